The number of thioether (sulfide) groups is 1. The van der Waals surface area contributed by atoms with Crippen LogP contribution in [0.3, 0.4) is 0 Å². The zero-order chi connectivity index (χ0) is 23.9. The maximum absolute atomic E-state index is 13.2. The summed E-state index contributed by atoms with van der Waals surface area (Å²) >= 11 is 7.27. The van der Waals surface area contributed by atoms with Gasteiger partial charge in [0, 0.05) is 19.1 Å². The largest absolute Gasteiger partial charge is 0.486 e. The van der Waals surface area contributed by atoms with E-state index in [1.807, 2.05) is 79.3 Å². The number of nitrogens with zero attached hydrogens (tertiary/aromatic N) is 4. The van der Waals surface area contributed by atoms with E-state index >= 15 is 0 Å². The zero-order valence-electron chi connectivity index (χ0n) is 19.0. The SMILES string of the molecule is CN(C(=O)CSc1nnc(COc2ccc(Cl)cc2)n1C)C(c1ccccc1)c1ccccc1. The van der Waals surface area contributed by atoms with E-state index in [1.54, 1.807) is 29.2 Å². The molecule has 0 aliphatic heterocycles. The Kier molecular flexibility index (Phi) is 7.87. The van der Waals surface area contributed by atoms with Crippen LogP contribution in [0, 0.1) is 0 Å². The van der Waals surface area contributed by atoms with Crippen LogP contribution < -0.4 is 4.74 Å². The highest BCUT2D eigenvalue weighted by atomic mass is 35.5. The summed E-state index contributed by atoms with van der Waals surface area (Å²) in [5.74, 6) is 1.62. The standard InChI is InChI=1S/C26H25ClN4O2S/c1-30-23(17-33-22-15-13-21(27)14-16-22)28-29-26(30)34-18-24(32)31(2)25(19-9-5-3-6-10-19)20-11-7-4-8-12-20/h3-16,25H,17-18H2,1-2H3. The molecule has 0 N–H and O–H groups in total. The lowest BCUT2D eigenvalue weighted by Gasteiger charge is -2.29. The second-order valence-electron chi connectivity index (χ2n) is 7.72. The van der Waals surface area contributed by atoms with E-state index in [0.717, 1.165) is 11.1 Å². The lowest BCUT2D eigenvalue weighted by molar-refractivity contribution is -0.128. The topological polar surface area (TPSA) is 60.3 Å². The van der Waals surface area contributed by atoms with Gasteiger partial charge in [0.25, 0.3) is 0 Å². The van der Waals surface area contributed by atoms with E-state index in [-0.39, 0.29) is 24.3 Å². The van der Waals surface area contributed by atoms with Gasteiger partial charge < -0.3 is 14.2 Å². The molecule has 1 aromatic heterocycles. The Morgan fingerprint density at radius 3 is 2.15 bits per heavy atom. The third kappa shape index (κ3) is 5.79. The molecule has 0 spiro atoms. The number of carbonyl (C=O) groups is 1. The summed E-state index contributed by atoms with van der Waals surface area (Å²) in [7, 11) is 3.71. The molecular formula is C26H25ClN4O2S. The van der Waals surface area contributed by atoms with Crippen molar-refractivity contribution in [1.82, 2.24) is 19.7 Å². The molecule has 6 nitrogen and oxygen atoms in total. The number of amides is 1. The zero-order valence-corrected chi connectivity index (χ0v) is 20.5. The van der Waals surface area contributed by atoms with Crippen molar-refractivity contribution in [2.75, 3.05) is 12.8 Å². The number of aromatic nitrogens is 3. The van der Waals surface area contributed by atoms with Crippen molar-refractivity contribution in [3.8, 4) is 5.75 Å². The molecule has 1 amide bonds. The van der Waals surface area contributed by atoms with Crippen LogP contribution in [0.25, 0.3) is 0 Å². The van der Waals surface area contributed by atoms with Gasteiger partial charge in [-0.15, -0.1) is 10.2 Å². The van der Waals surface area contributed by atoms with Gasteiger partial charge in [-0.1, -0.05) is 84.0 Å². The smallest absolute Gasteiger partial charge is 0.233 e. The summed E-state index contributed by atoms with van der Waals surface area (Å²) < 4.78 is 7.62. The lowest BCUT2D eigenvalue weighted by Crippen LogP contribution is -2.33. The van der Waals surface area contributed by atoms with Gasteiger partial charge in [0.15, 0.2) is 11.0 Å². The number of carbonyl (C=O) groups excluding carboxylic acids is 1. The van der Waals surface area contributed by atoms with Crippen LogP contribution in [-0.2, 0) is 18.4 Å². The third-order valence-corrected chi connectivity index (χ3v) is 6.70. The summed E-state index contributed by atoms with van der Waals surface area (Å²) in [6.07, 6.45) is 0. The Hall–Kier alpha value is -3.29. The average molecular weight is 493 g/mol. The van der Waals surface area contributed by atoms with Gasteiger partial charge in [0.1, 0.15) is 12.4 Å². The summed E-state index contributed by atoms with van der Waals surface area (Å²) in [4.78, 5) is 15.0. The molecule has 4 aromatic rings. The normalized spacial score (nSPS) is 10.9. The number of rotatable bonds is 9. The summed E-state index contributed by atoms with van der Waals surface area (Å²) in [5.41, 5.74) is 2.13. The Bertz CT molecular complexity index is 1180. The molecule has 0 fully saturated rings. The number of ether oxygens (including phenoxy) is 1. The highest BCUT2D eigenvalue weighted by Crippen LogP contribution is 2.28. The van der Waals surface area contributed by atoms with Crippen LogP contribution in [0.1, 0.15) is 23.0 Å². The van der Waals surface area contributed by atoms with Crippen molar-refractivity contribution in [3.63, 3.8) is 0 Å². The molecule has 0 atom stereocenters. The quantitative estimate of drug-likeness (QED) is 0.293. The molecule has 0 aliphatic rings. The maximum atomic E-state index is 13.2. The van der Waals surface area contributed by atoms with Gasteiger partial charge in [0.2, 0.25) is 5.91 Å². The van der Waals surface area contributed by atoms with Crippen LogP contribution in [0.4, 0.5) is 0 Å². The second-order valence-corrected chi connectivity index (χ2v) is 9.10. The minimum Gasteiger partial charge on any atom is -0.486 e. The van der Waals surface area contributed by atoms with Crippen LogP contribution in [0.5, 0.6) is 5.75 Å². The number of halogens is 1. The molecule has 0 saturated carbocycles. The molecule has 0 bridgehead atoms. The molecule has 0 unspecified atom stereocenters. The molecule has 8 heteroatoms. The first-order valence-corrected chi connectivity index (χ1v) is 12.1. The molecule has 174 valence electrons. The number of benzene rings is 3. The minimum absolute atomic E-state index is 0.00432. The van der Waals surface area contributed by atoms with Crippen molar-refractivity contribution in [2.45, 2.75) is 17.8 Å². The molecule has 4 rings (SSSR count). The fourth-order valence-electron chi connectivity index (χ4n) is 3.56. The van der Waals surface area contributed by atoms with Crippen LogP contribution in [0.15, 0.2) is 90.1 Å². The fraction of sp³-hybridized carbons (Fsp3) is 0.192. The Labute approximate surface area is 208 Å². The lowest BCUT2D eigenvalue weighted by atomic mass is 9.97. The predicted molar refractivity (Wildman–Crippen MR) is 135 cm³/mol. The Morgan fingerprint density at radius 2 is 1.56 bits per heavy atom. The highest BCUT2D eigenvalue weighted by molar-refractivity contribution is 7.99. The Balaban J connectivity index is 1.41. The first kappa shape index (κ1) is 23.9. The van der Waals surface area contributed by atoms with Gasteiger partial charge in [0.05, 0.1) is 11.8 Å². The van der Waals surface area contributed by atoms with Crippen molar-refractivity contribution in [2.24, 2.45) is 7.05 Å². The minimum atomic E-state index is -0.168. The van der Waals surface area contributed by atoms with Crippen LogP contribution in [-0.4, -0.2) is 38.4 Å². The predicted octanol–water partition coefficient (Wildman–Crippen LogP) is 5.39. The van der Waals surface area contributed by atoms with Crippen molar-refractivity contribution in [1.29, 1.82) is 0 Å². The molecule has 34 heavy (non-hydrogen) atoms. The van der Waals surface area contributed by atoms with Gasteiger partial charge in [-0.3, -0.25) is 4.79 Å². The second kappa shape index (κ2) is 11.2. The van der Waals surface area contributed by atoms with Gasteiger partial charge >= 0.3 is 0 Å². The van der Waals surface area contributed by atoms with E-state index in [2.05, 4.69) is 10.2 Å². The highest BCUT2D eigenvalue weighted by Gasteiger charge is 2.24. The first-order valence-electron chi connectivity index (χ1n) is 10.8. The van der Waals surface area contributed by atoms with Crippen molar-refractivity contribution in [3.05, 3.63) is 107 Å². The molecular weight excluding hydrogens is 468 g/mol. The summed E-state index contributed by atoms with van der Waals surface area (Å²) in [6.45, 7) is 0.267. The number of hydrogen-bond acceptors (Lipinski definition) is 5. The summed E-state index contributed by atoms with van der Waals surface area (Å²) in [5, 5.41) is 9.77. The van der Waals surface area contributed by atoms with E-state index < -0.39 is 0 Å². The molecule has 3 aromatic carbocycles. The Morgan fingerprint density at radius 1 is 0.971 bits per heavy atom. The molecule has 0 saturated heterocycles. The van der Waals surface area contributed by atoms with E-state index in [4.69, 9.17) is 16.3 Å². The molecule has 1 heterocycles. The number of hydrogen-bond donors (Lipinski definition) is 0. The summed E-state index contributed by atoms with van der Waals surface area (Å²) in [6, 6.07) is 27.1. The van der Waals surface area contributed by atoms with Crippen molar-refractivity contribution < 1.29 is 9.53 Å². The maximum Gasteiger partial charge on any atom is 0.233 e. The first-order chi connectivity index (χ1) is 16.5. The molecule has 0 aliphatic carbocycles. The van der Waals surface area contributed by atoms with Crippen LogP contribution in [0.2, 0.25) is 5.02 Å². The molecule has 0 radical (unpaired) electrons. The van der Waals surface area contributed by atoms with Gasteiger partial charge in [-0.25, -0.2) is 0 Å². The van der Waals surface area contributed by atoms with E-state index in [1.165, 1.54) is 11.8 Å². The van der Waals surface area contributed by atoms with Crippen molar-refractivity contribution >= 4 is 29.3 Å². The van der Waals surface area contributed by atoms with E-state index in [0.29, 0.717) is 21.8 Å². The monoisotopic (exact) mass is 492 g/mol. The third-order valence-electron chi connectivity index (χ3n) is 5.44. The van der Waals surface area contributed by atoms with Gasteiger partial charge in [-0.2, -0.15) is 0 Å². The van der Waals surface area contributed by atoms with Gasteiger partial charge in [-0.05, 0) is 35.4 Å². The average Bonchev–Trinajstić information content (AvgIpc) is 3.22. The van der Waals surface area contributed by atoms with Crippen LogP contribution >= 0.6 is 23.4 Å². The van der Waals surface area contributed by atoms with E-state index in [9.17, 15) is 4.79 Å². The fourth-order valence-corrected chi connectivity index (χ4v) is 4.54.